The van der Waals surface area contributed by atoms with Crippen LogP contribution >= 0.6 is 58.0 Å². The zero-order chi connectivity index (χ0) is 10.5. The molecule has 0 nitrogen and oxygen atoms in total. The van der Waals surface area contributed by atoms with Gasteiger partial charge in [-0.15, -0.1) is 11.6 Å². The zero-order valence-electron chi connectivity index (χ0n) is 6.62. The highest BCUT2D eigenvalue weighted by Gasteiger charge is 2.30. The van der Waals surface area contributed by atoms with Crippen molar-refractivity contribution in [3.8, 4) is 0 Å². The number of rotatable bonds is 0. The summed E-state index contributed by atoms with van der Waals surface area (Å²) in [6, 6.07) is 3.46. The SMILES string of the molecule is ClC1=C(Cl)C(Cl)c2ccc(Cl)c(Cl)c21. The summed E-state index contributed by atoms with van der Waals surface area (Å²) in [5.74, 6) is 0. The molecule has 0 aromatic heterocycles. The molecule has 74 valence electrons. The fourth-order valence-corrected chi connectivity index (χ4v) is 2.71. The average Bonchev–Trinajstić information content (AvgIpc) is 2.38. The van der Waals surface area contributed by atoms with Crippen molar-refractivity contribution in [2.75, 3.05) is 0 Å². The Kier molecular flexibility index (Phi) is 2.94. The van der Waals surface area contributed by atoms with Crippen LogP contribution in [-0.2, 0) is 0 Å². The van der Waals surface area contributed by atoms with Crippen LogP contribution in [0.1, 0.15) is 16.5 Å². The van der Waals surface area contributed by atoms with Gasteiger partial charge in [0.15, 0.2) is 0 Å². The monoisotopic (exact) mass is 286 g/mol. The van der Waals surface area contributed by atoms with Crippen molar-refractivity contribution in [3.63, 3.8) is 0 Å². The Labute approximate surface area is 106 Å². The van der Waals surface area contributed by atoms with Crippen LogP contribution in [0.5, 0.6) is 0 Å². The summed E-state index contributed by atoms with van der Waals surface area (Å²) in [6.07, 6.45) is 0. The maximum atomic E-state index is 6.04. The topological polar surface area (TPSA) is 0 Å². The van der Waals surface area contributed by atoms with E-state index in [1.165, 1.54) is 0 Å². The Bertz CT molecular complexity index is 435. The van der Waals surface area contributed by atoms with Crippen LogP contribution in [-0.4, -0.2) is 0 Å². The standard InChI is InChI=1S/C9H3Cl5/c10-4-2-1-3-5(7(4)12)8(13)9(14)6(3)11/h1-2,6H. The molecule has 14 heavy (non-hydrogen) atoms. The number of halogens is 5. The second kappa shape index (κ2) is 3.77. The van der Waals surface area contributed by atoms with Gasteiger partial charge in [0.05, 0.1) is 25.5 Å². The van der Waals surface area contributed by atoms with Crippen molar-refractivity contribution in [1.29, 1.82) is 0 Å². The lowest BCUT2D eigenvalue weighted by Crippen LogP contribution is -1.87. The molecule has 0 fully saturated rings. The Morgan fingerprint density at radius 1 is 1.00 bits per heavy atom. The lowest BCUT2D eigenvalue weighted by Gasteiger charge is -2.06. The van der Waals surface area contributed by atoms with Gasteiger partial charge in [-0.25, -0.2) is 0 Å². The number of benzene rings is 1. The van der Waals surface area contributed by atoms with Crippen LogP contribution in [0.25, 0.3) is 5.03 Å². The van der Waals surface area contributed by atoms with Gasteiger partial charge in [-0.1, -0.05) is 52.5 Å². The second-order valence-electron chi connectivity index (χ2n) is 2.85. The van der Waals surface area contributed by atoms with Crippen LogP contribution < -0.4 is 0 Å². The summed E-state index contributed by atoms with van der Waals surface area (Å²) in [5.41, 5.74) is 1.45. The van der Waals surface area contributed by atoms with E-state index < -0.39 is 5.38 Å². The fraction of sp³-hybridized carbons (Fsp3) is 0.111. The molecule has 1 atom stereocenters. The summed E-state index contributed by atoms with van der Waals surface area (Å²) in [6.45, 7) is 0. The molecule has 0 radical (unpaired) electrons. The third-order valence-corrected chi connectivity index (χ3v) is 4.32. The molecule has 0 saturated heterocycles. The van der Waals surface area contributed by atoms with E-state index in [4.69, 9.17) is 58.0 Å². The molecule has 0 saturated carbocycles. The Hall–Kier alpha value is 0.410. The number of hydrogen-bond acceptors (Lipinski definition) is 0. The quantitative estimate of drug-likeness (QED) is 0.558. The van der Waals surface area contributed by atoms with Gasteiger partial charge in [-0.05, 0) is 11.6 Å². The number of hydrogen-bond donors (Lipinski definition) is 0. The van der Waals surface area contributed by atoms with Crippen LogP contribution in [0.15, 0.2) is 17.2 Å². The summed E-state index contributed by atoms with van der Waals surface area (Å²) in [7, 11) is 0. The zero-order valence-corrected chi connectivity index (χ0v) is 10.4. The highest BCUT2D eigenvalue weighted by atomic mass is 35.5. The molecule has 1 aliphatic carbocycles. The smallest absolute Gasteiger partial charge is 0.0963 e. The highest BCUT2D eigenvalue weighted by Crippen LogP contribution is 2.51. The third kappa shape index (κ3) is 1.45. The van der Waals surface area contributed by atoms with E-state index in [2.05, 4.69) is 0 Å². The van der Waals surface area contributed by atoms with E-state index >= 15 is 0 Å². The van der Waals surface area contributed by atoms with E-state index in [0.29, 0.717) is 25.7 Å². The normalized spacial score (nSPS) is 20.2. The van der Waals surface area contributed by atoms with Gasteiger partial charge in [0, 0.05) is 5.56 Å². The van der Waals surface area contributed by atoms with E-state index in [9.17, 15) is 0 Å². The molecule has 1 unspecified atom stereocenters. The maximum absolute atomic E-state index is 6.04. The van der Waals surface area contributed by atoms with E-state index in [1.807, 2.05) is 0 Å². The largest absolute Gasteiger partial charge is 0.112 e. The summed E-state index contributed by atoms with van der Waals surface area (Å²) in [5, 5.41) is 1.20. The Morgan fingerprint density at radius 2 is 1.64 bits per heavy atom. The van der Waals surface area contributed by atoms with Gasteiger partial charge >= 0.3 is 0 Å². The van der Waals surface area contributed by atoms with Gasteiger partial charge in [-0.3, -0.25) is 0 Å². The molecule has 0 heterocycles. The molecular formula is C9H3Cl5. The highest BCUT2D eigenvalue weighted by molar-refractivity contribution is 6.59. The van der Waals surface area contributed by atoms with Crippen LogP contribution in [0.4, 0.5) is 0 Å². The molecule has 0 N–H and O–H groups in total. The van der Waals surface area contributed by atoms with Crippen LogP contribution in [0.2, 0.25) is 10.0 Å². The predicted octanol–water partition coefficient (Wildman–Crippen LogP) is 5.43. The van der Waals surface area contributed by atoms with Crippen molar-refractivity contribution < 1.29 is 0 Å². The first-order valence-electron chi connectivity index (χ1n) is 3.71. The molecule has 5 heteroatoms. The van der Waals surface area contributed by atoms with E-state index in [1.54, 1.807) is 12.1 Å². The van der Waals surface area contributed by atoms with Crippen LogP contribution in [0.3, 0.4) is 0 Å². The Balaban J connectivity index is 2.75. The van der Waals surface area contributed by atoms with Crippen molar-refractivity contribution in [2.24, 2.45) is 0 Å². The van der Waals surface area contributed by atoms with Crippen molar-refractivity contribution in [1.82, 2.24) is 0 Å². The van der Waals surface area contributed by atoms with Gasteiger partial charge in [-0.2, -0.15) is 0 Å². The molecule has 2 rings (SSSR count). The van der Waals surface area contributed by atoms with Gasteiger partial charge in [0.1, 0.15) is 0 Å². The molecular weight excluding hydrogens is 285 g/mol. The van der Waals surface area contributed by atoms with Gasteiger partial charge in [0.2, 0.25) is 0 Å². The second-order valence-corrected chi connectivity index (χ2v) is 4.86. The molecule has 1 aromatic rings. The first-order valence-corrected chi connectivity index (χ1v) is 5.66. The third-order valence-electron chi connectivity index (χ3n) is 2.05. The predicted molar refractivity (Wildman–Crippen MR) is 63.7 cm³/mol. The number of allylic oxidation sites excluding steroid dienone is 1. The van der Waals surface area contributed by atoms with E-state index in [0.717, 1.165) is 5.56 Å². The fourth-order valence-electron chi connectivity index (χ4n) is 1.37. The van der Waals surface area contributed by atoms with Gasteiger partial charge in [0.25, 0.3) is 0 Å². The summed E-state index contributed by atoms with van der Waals surface area (Å²) in [4.78, 5) is 0. The lowest BCUT2D eigenvalue weighted by molar-refractivity contribution is 1.23. The first kappa shape index (κ1) is 10.9. The van der Waals surface area contributed by atoms with E-state index in [-0.39, 0.29) is 0 Å². The molecule has 1 aromatic carbocycles. The molecule has 0 aliphatic heterocycles. The van der Waals surface area contributed by atoms with Crippen molar-refractivity contribution >= 4 is 63.0 Å². The number of fused-ring (bicyclic) bond motifs is 1. The Morgan fingerprint density at radius 3 is 2.29 bits per heavy atom. The van der Waals surface area contributed by atoms with Crippen molar-refractivity contribution in [3.05, 3.63) is 38.3 Å². The molecule has 1 aliphatic rings. The molecule has 0 spiro atoms. The number of alkyl halides is 1. The molecule has 0 bridgehead atoms. The molecule has 0 amide bonds. The summed E-state index contributed by atoms with van der Waals surface area (Å²) >= 11 is 29.8. The van der Waals surface area contributed by atoms with Gasteiger partial charge < -0.3 is 0 Å². The summed E-state index contributed by atoms with van der Waals surface area (Å²) < 4.78 is 0. The van der Waals surface area contributed by atoms with Crippen LogP contribution in [0, 0.1) is 0 Å². The average molecular weight is 288 g/mol. The lowest BCUT2D eigenvalue weighted by atomic mass is 10.1. The minimum absolute atomic E-state index is 0.383. The minimum atomic E-state index is -0.422. The first-order chi connectivity index (χ1) is 6.54. The minimum Gasteiger partial charge on any atom is -0.112 e. The maximum Gasteiger partial charge on any atom is 0.0963 e. The van der Waals surface area contributed by atoms with Crippen molar-refractivity contribution in [2.45, 2.75) is 5.38 Å².